The summed E-state index contributed by atoms with van der Waals surface area (Å²) in [7, 11) is 1.47. The highest BCUT2D eigenvalue weighted by Crippen LogP contribution is 2.41. The molecule has 0 aliphatic carbocycles. The second-order valence-corrected chi connectivity index (χ2v) is 6.81. The van der Waals surface area contributed by atoms with E-state index >= 15 is 0 Å². The smallest absolute Gasteiger partial charge is 0.438 e. The van der Waals surface area contributed by atoms with E-state index in [9.17, 15) is 23.1 Å². The molecule has 0 aromatic heterocycles. The lowest BCUT2D eigenvalue weighted by Gasteiger charge is -2.32. The van der Waals surface area contributed by atoms with Crippen LogP contribution in [0.2, 0.25) is 0 Å². The molecule has 0 saturated carbocycles. The van der Waals surface area contributed by atoms with Gasteiger partial charge in [0.25, 0.3) is 5.72 Å². The van der Waals surface area contributed by atoms with E-state index in [0.717, 1.165) is 5.56 Å². The Hall–Kier alpha value is -2.87. The monoisotopic (exact) mass is 406 g/mol. The van der Waals surface area contributed by atoms with E-state index in [2.05, 4.69) is 5.10 Å². The predicted molar refractivity (Wildman–Crippen MR) is 101 cm³/mol. The molecule has 2 aromatic carbocycles. The van der Waals surface area contributed by atoms with Crippen LogP contribution in [0.25, 0.3) is 0 Å². The van der Waals surface area contributed by atoms with Crippen molar-refractivity contribution in [1.29, 1.82) is 0 Å². The molecule has 1 atom stereocenters. The van der Waals surface area contributed by atoms with Crippen LogP contribution in [0.1, 0.15) is 30.4 Å². The largest absolute Gasteiger partial charge is 0.497 e. The summed E-state index contributed by atoms with van der Waals surface area (Å²) < 4.78 is 45.9. The standard InChI is InChI=1S/C21H21F3N2O3/c1-29-17-12-10-16(11-13-17)18-14-20(28,21(22,23)24)26(25-18)19(27)9-5-8-15-6-3-2-4-7-15/h2-4,6-7,10-13,28H,5,8-9,14H2,1H3/t20-/m1/s1. The van der Waals surface area contributed by atoms with Crippen molar-refractivity contribution < 1.29 is 27.8 Å². The van der Waals surface area contributed by atoms with Gasteiger partial charge in [0.1, 0.15) is 5.75 Å². The second-order valence-electron chi connectivity index (χ2n) is 6.81. The third kappa shape index (κ3) is 4.42. The summed E-state index contributed by atoms with van der Waals surface area (Å²) in [6, 6.07) is 15.6. The Kier molecular flexibility index (Phi) is 5.93. The van der Waals surface area contributed by atoms with E-state index in [4.69, 9.17) is 4.74 Å². The van der Waals surface area contributed by atoms with Gasteiger partial charge in [0.05, 0.1) is 19.2 Å². The van der Waals surface area contributed by atoms with Crippen LogP contribution in [0, 0.1) is 0 Å². The highest BCUT2D eigenvalue weighted by molar-refractivity contribution is 6.03. The maximum Gasteiger partial charge on any atom is 0.438 e. The quantitative estimate of drug-likeness (QED) is 0.791. The Bertz CT molecular complexity index is 882. The van der Waals surface area contributed by atoms with Crippen LogP contribution in [-0.2, 0) is 11.2 Å². The third-order valence-corrected chi connectivity index (χ3v) is 4.80. The summed E-state index contributed by atoms with van der Waals surface area (Å²) in [5.41, 5.74) is -2.00. The van der Waals surface area contributed by atoms with Gasteiger partial charge >= 0.3 is 6.18 Å². The van der Waals surface area contributed by atoms with Crippen LogP contribution in [0.3, 0.4) is 0 Å². The highest BCUT2D eigenvalue weighted by Gasteiger charge is 2.63. The number of aryl methyl sites for hydroxylation is 1. The van der Waals surface area contributed by atoms with Crippen LogP contribution in [0.4, 0.5) is 13.2 Å². The lowest BCUT2D eigenvalue weighted by atomic mass is 10.0. The SMILES string of the molecule is COc1ccc(C2=NN(C(=O)CCCc3ccccc3)[C@](O)(C(F)(F)F)C2)cc1. The minimum atomic E-state index is -5.04. The van der Waals surface area contributed by atoms with E-state index in [1.807, 2.05) is 30.3 Å². The normalized spacial score (nSPS) is 19.2. The molecule has 0 fully saturated rings. The number of hydrogen-bond acceptors (Lipinski definition) is 4. The molecule has 1 aliphatic heterocycles. The van der Waals surface area contributed by atoms with Crippen molar-refractivity contribution in [3.05, 3.63) is 65.7 Å². The van der Waals surface area contributed by atoms with Gasteiger partial charge in [-0.1, -0.05) is 30.3 Å². The first kappa shape index (κ1) is 20.9. The number of alkyl halides is 3. The Balaban J connectivity index is 1.77. The number of halogens is 3. The van der Waals surface area contributed by atoms with Crippen molar-refractivity contribution >= 4 is 11.6 Å². The number of rotatable bonds is 6. The Morgan fingerprint density at radius 1 is 1.17 bits per heavy atom. The molecular formula is C21H21F3N2O3. The van der Waals surface area contributed by atoms with E-state index in [-0.39, 0.29) is 17.1 Å². The van der Waals surface area contributed by atoms with Crippen LogP contribution in [-0.4, -0.2) is 40.7 Å². The topological polar surface area (TPSA) is 62.1 Å². The van der Waals surface area contributed by atoms with E-state index in [1.54, 1.807) is 12.1 Å². The highest BCUT2D eigenvalue weighted by atomic mass is 19.4. The molecule has 0 saturated heterocycles. The van der Waals surface area contributed by atoms with Gasteiger partial charge in [-0.3, -0.25) is 4.79 Å². The van der Waals surface area contributed by atoms with Gasteiger partial charge in [0, 0.05) is 6.42 Å². The molecule has 29 heavy (non-hydrogen) atoms. The van der Waals surface area contributed by atoms with Crippen LogP contribution < -0.4 is 4.74 Å². The summed E-state index contributed by atoms with van der Waals surface area (Å²) in [4.78, 5) is 12.5. The lowest BCUT2D eigenvalue weighted by molar-refractivity contribution is -0.302. The number of methoxy groups -OCH3 is 1. The Labute approximate surface area is 166 Å². The van der Waals surface area contributed by atoms with Gasteiger partial charge < -0.3 is 9.84 Å². The first-order valence-corrected chi connectivity index (χ1v) is 9.12. The van der Waals surface area contributed by atoms with Gasteiger partial charge in [-0.2, -0.15) is 23.3 Å². The molecule has 154 valence electrons. The number of aliphatic hydroxyl groups is 1. The summed E-state index contributed by atoms with van der Waals surface area (Å²) in [5, 5.41) is 14.4. The van der Waals surface area contributed by atoms with Gasteiger partial charge in [0.15, 0.2) is 0 Å². The molecule has 1 aliphatic rings. The first-order valence-electron chi connectivity index (χ1n) is 9.12. The van der Waals surface area contributed by atoms with E-state index in [1.165, 1.54) is 19.2 Å². The minimum absolute atomic E-state index is 0.0103. The molecule has 0 bridgehead atoms. The Morgan fingerprint density at radius 2 is 1.83 bits per heavy atom. The summed E-state index contributed by atoms with van der Waals surface area (Å²) in [6.07, 6.45) is -5.14. The molecule has 1 heterocycles. The van der Waals surface area contributed by atoms with Crippen molar-refractivity contribution in [2.45, 2.75) is 37.6 Å². The Morgan fingerprint density at radius 3 is 2.41 bits per heavy atom. The van der Waals surface area contributed by atoms with Crippen molar-refractivity contribution in [3.63, 3.8) is 0 Å². The van der Waals surface area contributed by atoms with E-state index in [0.29, 0.717) is 24.2 Å². The number of carbonyl (C=O) groups excluding carboxylic acids is 1. The average Bonchev–Trinajstić information content (AvgIpc) is 3.08. The van der Waals surface area contributed by atoms with Gasteiger partial charge in [-0.25, -0.2) is 0 Å². The molecule has 0 radical (unpaired) electrons. The molecule has 3 rings (SSSR count). The fraction of sp³-hybridized carbons (Fsp3) is 0.333. The molecule has 1 amide bonds. The first-order chi connectivity index (χ1) is 13.7. The summed E-state index contributed by atoms with van der Waals surface area (Å²) in [5.74, 6) is -0.337. The molecule has 5 nitrogen and oxygen atoms in total. The van der Waals surface area contributed by atoms with Crippen LogP contribution in [0.15, 0.2) is 59.7 Å². The molecule has 0 unspecified atom stereocenters. The predicted octanol–water partition coefficient (Wildman–Crippen LogP) is 3.91. The van der Waals surface area contributed by atoms with Gasteiger partial charge in [-0.15, -0.1) is 0 Å². The second kappa shape index (κ2) is 8.24. The molecule has 8 heteroatoms. The zero-order valence-corrected chi connectivity index (χ0v) is 15.8. The summed E-state index contributed by atoms with van der Waals surface area (Å²) >= 11 is 0. The number of hydrogen-bond donors (Lipinski definition) is 1. The van der Waals surface area contributed by atoms with Crippen LogP contribution in [0.5, 0.6) is 5.75 Å². The number of hydrazone groups is 1. The lowest BCUT2D eigenvalue weighted by Crippen LogP contribution is -2.56. The zero-order chi connectivity index (χ0) is 21.1. The van der Waals surface area contributed by atoms with Gasteiger partial charge in [-0.05, 0) is 48.2 Å². The van der Waals surface area contributed by atoms with Crippen molar-refractivity contribution in [3.8, 4) is 5.75 Å². The zero-order valence-electron chi connectivity index (χ0n) is 15.8. The fourth-order valence-corrected chi connectivity index (χ4v) is 3.17. The third-order valence-electron chi connectivity index (χ3n) is 4.80. The number of ether oxygens (including phenoxy) is 1. The molecule has 1 N–H and O–H groups in total. The van der Waals surface area contributed by atoms with Crippen molar-refractivity contribution in [2.24, 2.45) is 5.10 Å². The molecule has 0 spiro atoms. The van der Waals surface area contributed by atoms with E-state index < -0.39 is 24.2 Å². The maximum absolute atomic E-state index is 13.6. The molecule has 2 aromatic rings. The van der Waals surface area contributed by atoms with Crippen LogP contribution >= 0.6 is 0 Å². The number of nitrogens with zero attached hydrogens (tertiary/aromatic N) is 2. The van der Waals surface area contributed by atoms with Gasteiger partial charge in [0.2, 0.25) is 5.91 Å². The number of amides is 1. The minimum Gasteiger partial charge on any atom is -0.497 e. The maximum atomic E-state index is 13.6. The number of carbonyl (C=O) groups is 1. The van der Waals surface area contributed by atoms with Crippen molar-refractivity contribution in [2.75, 3.05) is 7.11 Å². The average molecular weight is 406 g/mol. The summed E-state index contributed by atoms with van der Waals surface area (Å²) in [6.45, 7) is 0. The van der Waals surface area contributed by atoms with Crippen molar-refractivity contribution in [1.82, 2.24) is 5.01 Å². The fourth-order valence-electron chi connectivity index (χ4n) is 3.17. The number of benzene rings is 2. The molecular weight excluding hydrogens is 385 g/mol.